The van der Waals surface area contributed by atoms with Crippen LogP contribution < -0.4 is 5.73 Å². The van der Waals surface area contributed by atoms with Crippen molar-refractivity contribution >= 4 is 0 Å². The number of nitrogens with zero attached hydrogens (tertiary/aromatic N) is 3. The van der Waals surface area contributed by atoms with Gasteiger partial charge in [-0.1, -0.05) is 6.92 Å². The first-order valence-electron chi connectivity index (χ1n) is 6.76. The third-order valence-corrected chi connectivity index (χ3v) is 3.64. The molecule has 0 aromatic carbocycles. The van der Waals surface area contributed by atoms with Gasteiger partial charge in [-0.3, -0.25) is 4.90 Å². The van der Waals surface area contributed by atoms with E-state index < -0.39 is 0 Å². The normalized spacial score (nSPS) is 24.8. The van der Waals surface area contributed by atoms with Crippen molar-refractivity contribution in [1.29, 1.82) is 0 Å². The van der Waals surface area contributed by atoms with Crippen molar-refractivity contribution in [2.75, 3.05) is 26.8 Å². The molecule has 0 saturated carbocycles. The van der Waals surface area contributed by atoms with E-state index >= 15 is 0 Å². The molecule has 0 amide bonds. The van der Waals surface area contributed by atoms with Gasteiger partial charge in [-0.2, -0.15) is 0 Å². The van der Waals surface area contributed by atoms with E-state index in [0.29, 0.717) is 0 Å². The predicted octanol–water partition coefficient (Wildman–Crippen LogP) is 1.01. The van der Waals surface area contributed by atoms with Crippen LogP contribution in [0.25, 0.3) is 0 Å². The predicted molar refractivity (Wildman–Crippen MR) is 71.3 cm³/mol. The molecule has 1 aliphatic heterocycles. The first-order valence-corrected chi connectivity index (χ1v) is 6.76. The van der Waals surface area contributed by atoms with Crippen LogP contribution in [0.4, 0.5) is 0 Å². The Kier molecular flexibility index (Phi) is 4.74. The summed E-state index contributed by atoms with van der Waals surface area (Å²) in [7, 11) is 1.74. The molecule has 2 N–H and O–H groups in total. The second-order valence-electron chi connectivity index (χ2n) is 4.94. The minimum atomic E-state index is 0.203. The molecule has 1 saturated heterocycles. The molecule has 1 aromatic rings. The smallest absolute Gasteiger partial charge is 0.0948 e. The summed E-state index contributed by atoms with van der Waals surface area (Å²) >= 11 is 0. The molecule has 2 unspecified atom stereocenters. The van der Waals surface area contributed by atoms with Crippen molar-refractivity contribution in [2.24, 2.45) is 5.73 Å². The van der Waals surface area contributed by atoms with Crippen LogP contribution in [-0.4, -0.2) is 47.3 Å². The second-order valence-corrected chi connectivity index (χ2v) is 4.94. The summed E-state index contributed by atoms with van der Waals surface area (Å²) in [5.41, 5.74) is 7.52. The van der Waals surface area contributed by atoms with Crippen molar-refractivity contribution in [3.63, 3.8) is 0 Å². The molecular formula is C13H24N4O. The van der Waals surface area contributed by atoms with E-state index in [-0.39, 0.29) is 12.1 Å². The van der Waals surface area contributed by atoms with Gasteiger partial charge in [0.15, 0.2) is 0 Å². The highest BCUT2D eigenvalue weighted by atomic mass is 16.5. The number of nitrogens with two attached hydrogens (primary N) is 1. The Morgan fingerprint density at radius 3 is 3.06 bits per heavy atom. The average molecular weight is 252 g/mol. The summed E-state index contributed by atoms with van der Waals surface area (Å²) in [6, 6.07) is 0.489. The monoisotopic (exact) mass is 252 g/mol. The summed E-state index contributed by atoms with van der Waals surface area (Å²) in [4.78, 5) is 6.70. The molecule has 102 valence electrons. The molecule has 2 rings (SSSR count). The average Bonchev–Trinajstić information content (AvgIpc) is 2.94. The molecule has 1 aromatic heterocycles. The molecule has 1 aliphatic rings. The third kappa shape index (κ3) is 2.74. The van der Waals surface area contributed by atoms with Crippen molar-refractivity contribution < 1.29 is 4.74 Å². The van der Waals surface area contributed by atoms with Crippen LogP contribution in [-0.2, 0) is 11.3 Å². The van der Waals surface area contributed by atoms with Crippen molar-refractivity contribution in [2.45, 2.75) is 38.4 Å². The van der Waals surface area contributed by atoms with Gasteiger partial charge in [-0.15, -0.1) is 0 Å². The van der Waals surface area contributed by atoms with Crippen LogP contribution in [0.2, 0.25) is 0 Å². The highest BCUT2D eigenvalue weighted by Gasteiger charge is 2.34. The maximum atomic E-state index is 6.27. The summed E-state index contributed by atoms with van der Waals surface area (Å²) in [5, 5.41) is 0. The third-order valence-electron chi connectivity index (χ3n) is 3.64. The Balaban J connectivity index is 2.14. The van der Waals surface area contributed by atoms with Gasteiger partial charge < -0.3 is 15.0 Å². The number of aromatic nitrogens is 2. The molecule has 0 spiro atoms. The summed E-state index contributed by atoms with van der Waals surface area (Å²) < 4.78 is 7.41. The lowest BCUT2D eigenvalue weighted by Crippen LogP contribution is -2.35. The van der Waals surface area contributed by atoms with E-state index in [2.05, 4.69) is 21.4 Å². The van der Waals surface area contributed by atoms with Gasteiger partial charge in [0, 0.05) is 39.0 Å². The largest absolute Gasteiger partial charge is 0.383 e. The number of rotatable bonds is 6. The summed E-state index contributed by atoms with van der Waals surface area (Å²) in [5.74, 6) is 0. The zero-order chi connectivity index (χ0) is 13.0. The minimum Gasteiger partial charge on any atom is -0.383 e. The Morgan fingerprint density at radius 2 is 2.33 bits per heavy atom. The fourth-order valence-electron chi connectivity index (χ4n) is 2.75. The van der Waals surface area contributed by atoms with Crippen LogP contribution in [0.3, 0.4) is 0 Å². The van der Waals surface area contributed by atoms with Crippen molar-refractivity contribution in [3.05, 3.63) is 18.2 Å². The van der Waals surface area contributed by atoms with Crippen LogP contribution >= 0.6 is 0 Å². The van der Waals surface area contributed by atoms with Crippen molar-refractivity contribution in [1.82, 2.24) is 14.5 Å². The Morgan fingerprint density at radius 1 is 1.50 bits per heavy atom. The second kappa shape index (κ2) is 6.31. The molecule has 0 radical (unpaired) electrons. The quantitative estimate of drug-likeness (QED) is 0.821. The molecule has 5 heteroatoms. The molecule has 0 aliphatic carbocycles. The van der Waals surface area contributed by atoms with Crippen LogP contribution in [0.15, 0.2) is 12.5 Å². The van der Waals surface area contributed by atoms with Gasteiger partial charge in [-0.05, 0) is 12.8 Å². The van der Waals surface area contributed by atoms with Crippen LogP contribution in [0, 0.1) is 0 Å². The number of likely N-dealkylation sites (tertiary alicyclic amines) is 1. The van der Waals surface area contributed by atoms with E-state index in [9.17, 15) is 0 Å². The number of ether oxygens (including phenoxy) is 1. The van der Waals surface area contributed by atoms with Gasteiger partial charge in [0.05, 0.1) is 24.7 Å². The topological polar surface area (TPSA) is 56.3 Å². The summed E-state index contributed by atoms with van der Waals surface area (Å²) in [6.07, 6.45) is 6.04. The standard InChI is InChI=1S/C13H24N4O/c1-3-5-17-10-15-9-12(17)13-11(14)4-6-16(13)7-8-18-2/h9-11,13H,3-8,14H2,1-2H3. The maximum absolute atomic E-state index is 6.27. The highest BCUT2D eigenvalue weighted by Crippen LogP contribution is 2.30. The van der Waals surface area contributed by atoms with Gasteiger partial charge in [-0.25, -0.2) is 4.98 Å². The minimum absolute atomic E-state index is 0.203. The Labute approximate surface area is 109 Å². The van der Waals surface area contributed by atoms with E-state index in [1.807, 2.05) is 12.5 Å². The molecule has 2 heterocycles. The lowest BCUT2D eigenvalue weighted by molar-refractivity contribution is 0.136. The van der Waals surface area contributed by atoms with Gasteiger partial charge in [0.25, 0.3) is 0 Å². The number of hydrogen-bond acceptors (Lipinski definition) is 4. The highest BCUT2D eigenvalue weighted by molar-refractivity contribution is 5.12. The fraction of sp³-hybridized carbons (Fsp3) is 0.769. The molecule has 1 fully saturated rings. The molecule has 5 nitrogen and oxygen atoms in total. The lowest BCUT2D eigenvalue weighted by Gasteiger charge is -2.27. The van der Waals surface area contributed by atoms with E-state index in [1.165, 1.54) is 5.69 Å². The first kappa shape index (κ1) is 13.5. The Hall–Kier alpha value is -0.910. The molecule has 0 bridgehead atoms. The Bertz CT molecular complexity index is 366. The van der Waals surface area contributed by atoms with E-state index in [4.69, 9.17) is 10.5 Å². The number of imidazole rings is 1. The number of hydrogen-bond donors (Lipinski definition) is 1. The zero-order valence-electron chi connectivity index (χ0n) is 11.4. The molecular weight excluding hydrogens is 228 g/mol. The SMILES string of the molecule is CCCn1cncc1C1C(N)CCN1CCOC. The molecule has 2 atom stereocenters. The maximum Gasteiger partial charge on any atom is 0.0948 e. The zero-order valence-corrected chi connectivity index (χ0v) is 11.4. The van der Waals surface area contributed by atoms with Crippen LogP contribution in [0.5, 0.6) is 0 Å². The van der Waals surface area contributed by atoms with E-state index in [0.717, 1.165) is 39.1 Å². The van der Waals surface area contributed by atoms with Gasteiger partial charge >= 0.3 is 0 Å². The van der Waals surface area contributed by atoms with E-state index in [1.54, 1.807) is 7.11 Å². The van der Waals surface area contributed by atoms with Crippen molar-refractivity contribution in [3.8, 4) is 0 Å². The van der Waals surface area contributed by atoms with Gasteiger partial charge in [0.2, 0.25) is 0 Å². The fourth-order valence-corrected chi connectivity index (χ4v) is 2.75. The van der Waals surface area contributed by atoms with Crippen LogP contribution in [0.1, 0.15) is 31.5 Å². The molecule has 18 heavy (non-hydrogen) atoms. The first-order chi connectivity index (χ1) is 8.77. The number of aryl methyl sites for hydroxylation is 1. The number of methoxy groups -OCH3 is 1. The van der Waals surface area contributed by atoms with Gasteiger partial charge in [0.1, 0.15) is 0 Å². The lowest BCUT2D eigenvalue weighted by atomic mass is 10.1. The summed E-state index contributed by atoms with van der Waals surface area (Å²) in [6.45, 7) is 5.93.